The summed E-state index contributed by atoms with van der Waals surface area (Å²) >= 11 is 0. The molecule has 7 nitrogen and oxygen atoms in total. The lowest BCUT2D eigenvalue weighted by Gasteiger charge is -2.47. The van der Waals surface area contributed by atoms with Crippen molar-refractivity contribution in [2.45, 2.75) is 45.3 Å². The van der Waals surface area contributed by atoms with Crippen LogP contribution in [-0.2, 0) is 4.79 Å². The van der Waals surface area contributed by atoms with Gasteiger partial charge in [-0.2, -0.15) is 0 Å². The maximum Gasteiger partial charge on any atom is 0.407 e. The lowest BCUT2D eigenvalue weighted by Crippen LogP contribution is -2.59. The lowest BCUT2D eigenvalue weighted by molar-refractivity contribution is -0.134. The van der Waals surface area contributed by atoms with Gasteiger partial charge in [0.2, 0.25) is 5.91 Å². The zero-order chi connectivity index (χ0) is 19.3. The molecule has 2 heterocycles. The third-order valence-corrected chi connectivity index (χ3v) is 5.60. The van der Waals surface area contributed by atoms with Crippen LogP contribution in [0, 0.1) is 5.41 Å². The van der Waals surface area contributed by atoms with Gasteiger partial charge in [-0.1, -0.05) is 20.8 Å². The zero-order valence-electron chi connectivity index (χ0n) is 15.9. The molecule has 0 radical (unpaired) electrons. The minimum Gasteiger partial charge on any atom is -0.465 e. The summed E-state index contributed by atoms with van der Waals surface area (Å²) in [4.78, 5) is 30.1. The number of nitrogens with two attached hydrogens (primary N) is 1. The van der Waals surface area contributed by atoms with Crippen LogP contribution in [0.1, 0.15) is 33.6 Å². The van der Waals surface area contributed by atoms with Gasteiger partial charge in [0.25, 0.3) is 0 Å². The first-order valence-corrected chi connectivity index (χ1v) is 8.98. The van der Waals surface area contributed by atoms with Gasteiger partial charge in [0, 0.05) is 36.9 Å². The Morgan fingerprint density at radius 2 is 1.73 bits per heavy atom. The summed E-state index contributed by atoms with van der Waals surface area (Å²) in [6.45, 7) is 7.08. The van der Waals surface area contributed by atoms with Crippen molar-refractivity contribution in [2.75, 3.05) is 30.8 Å². The number of likely N-dealkylation sites (N-methyl/N-ethyl adjacent to an activating group) is 1. The van der Waals surface area contributed by atoms with Crippen LogP contribution in [0.4, 0.5) is 16.2 Å². The first-order valence-electron chi connectivity index (χ1n) is 8.98. The van der Waals surface area contributed by atoms with Gasteiger partial charge in [0.05, 0.1) is 0 Å². The number of rotatable bonds is 1. The summed E-state index contributed by atoms with van der Waals surface area (Å²) in [5, 5.41) is 9.29. The Bertz CT molecular complexity index is 702. The molecule has 2 saturated heterocycles. The molecule has 142 valence electrons. The van der Waals surface area contributed by atoms with Crippen LogP contribution in [0.5, 0.6) is 0 Å². The summed E-state index contributed by atoms with van der Waals surface area (Å²) in [7, 11) is 1.85. The maximum atomic E-state index is 13.4. The number of amides is 2. The van der Waals surface area contributed by atoms with E-state index in [1.54, 1.807) is 0 Å². The number of hydrogen-bond acceptors (Lipinski definition) is 4. The summed E-state index contributed by atoms with van der Waals surface area (Å²) in [5.41, 5.74) is 6.59. The molecule has 1 spiro atoms. The molecule has 0 aromatic heterocycles. The number of carboxylic acid groups (broad SMARTS) is 1. The Balaban J connectivity index is 2.07. The molecule has 1 atom stereocenters. The number of nitrogens with zero attached hydrogens (tertiary/aromatic N) is 3. The van der Waals surface area contributed by atoms with E-state index in [9.17, 15) is 14.7 Å². The molecule has 1 unspecified atom stereocenters. The molecule has 0 saturated carbocycles. The quantitative estimate of drug-likeness (QED) is 0.751. The number of anilines is 2. The predicted octanol–water partition coefficient (Wildman–Crippen LogP) is 2.43. The highest BCUT2D eigenvalue weighted by Gasteiger charge is 2.59. The van der Waals surface area contributed by atoms with Gasteiger partial charge in [-0.25, -0.2) is 4.79 Å². The van der Waals surface area contributed by atoms with Crippen LogP contribution in [0.3, 0.4) is 0 Å². The fourth-order valence-electron chi connectivity index (χ4n) is 4.46. The fraction of sp³-hybridized carbons (Fsp3) is 0.579. The average Bonchev–Trinajstić information content (AvgIpc) is 2.78. The molecular formula is C19H28N4O3. The lowest BCUT2D eigenvalue weighted by atomic mass is 9.84. The smallest absolute Gasteiger partial charge is 0.407 e. The van der Waals surface area contributed by atoms with E-state index in [0.29, 0.717) is 31.6 Å². The SMILES string of the molecule is CN1C(=O)C2(CCN(C(=O)O)CC2)N(c2ccc(N)cc2)C1C(C)(C)C. The van der Waals surface area contributed by atoms with Crippen LogP contribution in [0.15, 0.2) is 24.3 Å². The molecule has 0 aliphatic carbocycles. The Morgan fingerprint density at radius 1 is 1.19 bits per heavy atom. The molecule has 3 N–H and O–H groups in total. The van der Waals surface area contributed by atoms with Gasteiger partial charge in [-0.05, 0) is 37.1 Å². The van der Waals surface area contributed by atoms with Gasteiger partial charge in [0.15, 0.2) is 0 Å². The number of nitrogen functional groups attached to an aromatic ring is 1. The number of piperidine rings is 1. The average molecular weight is 360 g/mol. The first-order chi connectivity index (χ1) is 12.1. The molecule has 26 heavy (non-hydrogen) atoms. The van der Waals surface area contributed by atoms with Crippen molar-refractivity contribution in [3.63, 3.8) is 0 Å². The van der Waals surface area contributed by atoms with Gasteiger partial charge in [0.1, 0.15) is 11.7 Å². The van der Waals surface area contributed by atoms with E-state index in [4.69, 9.17) is 5.73 Å². The molecule has 2 fully saturated rings. The molecule has 2 aliphatic heterocycles. The van der Waals surface area contributed by atoms with Crippen LogP contribution in [0.2, 0.25) is 0 Å². The predicted molar refractivity (Wildman–Crippen MR) is 101 cm³/mol. The van der Waals surface area contributed by atoms with E-state index < -0.39 is 11.6 Å². The number of carbonyl (C=O) groups is 2. The van der Waals surface area contributed by atoms with Crippen molar-refractivity contribution < 1.29 is 14.7 Å². The second-order valence-corrected chi connectivity index (χ2v) is 8.42. The van der Waals surface area contributed by atoms with Crippen molar-refractivity contribution in [1.29, 1.82) is 0 Å². The van der Waals surface area contributed by atoms with E-state index in [1.807, 2.05) is 36.2 Å². The van der Waals surface area contributed by atoms with Gasteiger partial charge in [-0.15, -0.1) is 0 Å². The normalized spacial score (nSPS) is 23.0. The largest absolute Gasteiger partial charge is 0.465 e. The van der Waals surface area contributed by atoms with E-state index in [0.717, 1.165) is 5.69 Å². The molecule has 7 heteroatoms. The highest BCUT2D eigenvalue weighted by molar-refractivity contribution is 5.94. The number of hydrogen-bond donors (Lipinski definition) is 2. The topological polar surface area (TPSA) is 90.1 Å². The molecule has 2 amide bonds. The van der Waals surface area contributed by atoms with Gasteiger partial charge >= 0.3 is 6.09 Å². The minimum atomic E-state index is -0.926. The van der Waals surface area contributed by atoms with Crippen molar-refractivity contribution in [3.05, 3.63) is 24.3 Å². The monoisotopic (exact) mass is 360 g/mol. The molecule has 2 aliphatic rings. The zero-order valence-corrected chi connectivity index (χ0v) is 15.9. The summed E-state index contributed by atoms with van der Waals surface area (Å²) in [5.74, 6) is 0.0688. The van der Waals surface area contributed by atoms with E-state index >= 15 is 0 Å². The van der Waals surface area contributed by atoms with E-state index in [2.05, 4.69) is 25.7 Å². The molecular weight excluding hydrogens is 332 g/mol. The van der Waals surface area contributed by atoms with Crippen LogP contribution < -0.4 is 10.6 Å². The van der Waals surface area contributed by atoms with E-state index in [1.165, 1.54) is 4.90 Å². The van der Waals surface area contributed by atoms with Crippen LogP contribution in [-0.4, -0.2) is 58.7 Å². The first kappa shape index (κ1) is 18.4. The van der Waals surface area contributed by atoms with Crippen molar-refractivity contribution in [3.8, 4) is 0 Å². The molecule has 3 rings (SSSR count). The highest BCUT2D eigenvalue weighted by Crippen LogP contribution is 2.46. The van der Waals surface area contributed by atoms with Gasteiger partial charge < -0.3 is 25.5 Å². The Hall–Kier alpha value is -2.44. The number of benzene rings is 1. The van der Waals surface area contributed by atoms with Crippen molar-refractivity contribution in [1.82, 2.24) is 9.80 Å². The number of carbonyl (C=O) groups excluding carboxylic acids is 1. The highest BCUT2D eigenvalue weighted by atomic mass is 16.4. The van der Waals surface area contributed by atoms with Crippen LogP contribution in [0.25, 0.3) is 0 Å². The molecule has 0 bridgehead atoms. The molecule has 1 aromatic carbocycles. The summed E-state index contributed by atoms with van der Waals surface area (Å²) in [6, 6.07) is 7.59. The van der Waals surface area contributed by atoms with E-state index in [-0.39, 0.29) is 17.5 Å². The summed E-state index contributed by atoms with van der Waals surface area (Å²) in [6.07, 6.45) is -0.0705. The standard InChI is InChI=1S/C19H28N4O3/c1-18(2,3)15-21(4)16(24)19(9-11-22(12-10-19)17(25)26)23(15)14-7-5-13(20)6-8-14/h5-8,15H,9-12,20H2,1-4H3,(H,25,26). The third kappa shape index (κ3) is 2.75. The number of likely N-dealkylation sites (tertiary alicyclic amines) is 1. The summed E-state index contributed by atoms with van der Waals surface area (Å²) < 4.78 is 0. The fourth-order valence-corrected chi connectivity index (χ4v) is 4.46. The molecule has 1 aromatic rings. The Morgan fingerprint density at radius 3 is 2.19 bits per heavy atom. The van der Waals surface area contributed by atoms with Crippen molar-refractivity contribution in [2.24, 2.45) is 5.41 Å². The second-order valence-electron chi connectivity index (χ2n) is 8.42. The Kier molecular flexibility index (Phi) is 4.29. The minimum absolute atomic E-state index is 0.0688. The van der Waals surface area contributed by atoms with Crippen molar-refractivity contribution >= 4 is 23.4 Å². The maximum absolute atomic E-state index is 13.4. The third-order valence-electron chi connectivity index (χ3n) is 5.60. The van der Waals surface area contributed by atoms with Crippen LogP contribution >= 0.6 is 0 Å². The van der Waals surface area contributed by atoms with Gasteiger partial charge in [-0.3, -0.25) is 4.79 Å². The second kappa shape index (κ2) is 6.07. The Labute approximate surface area is 154 Å².